The highest BCUT2D eigenvalue weighted by molar-refractivity contribution is 5.32. The van der Waals surface area contributed by atoms with Crippen LogP contribution in [0.1, 0.15) is 30.1 Å². The normalized spacial score (nSPS) is 16.9. The molecule has 4 heteroatoms. The predicted molar refractivity (Wildman–Crippen MR) is 70.9 cm³/mol. The summed E-state index contributed by atoms with van der Waals surface area (Å²) in [4.78, 5) is 8.67. The highest BCUT2D eigenvalue weighted by Gasteiger charge is 2.19. The second-order valence-electron chi connectivity index (χ2n) is 4.87. The second-order valence-corrected chi connectivity index (χ2v) is 4.87. The van der Waals surface area contributed by atoms with Crippen molar-refractivity contribution < 1.29 is 0 Å². The summed E-state index contributed by atoms with van der Waals surface area (Å²) >= 11 is 0. The lowest BCUT2D eigenvalue weighted by Gasteiger charge is -2.23. The van der Waals surface area contributed by atoms with Crippen molar-refractivity contribution in [1.82, 2.24) is 19.9 Å². The van der Waals surface area contributed by atoms with Crippen LogP contribution in [0.3, 0.4) is 0 Å². The first-order valence-electron chi connectivity index (χ1n) is 6.50. The van der Waals surface area contributed by atoms with E-state index in [0.717, 1.165) is 24.5 Å². The molecule has 1 aliphatic rings. The van der Waals surface area contributed by atoms with Gasteiger partial charge in [-0.3, -0.25) is 4.98 Å². The molecule has 0 aromatic carbocycles. The van der Waals surface area contributed by atoms with Crippen molar-refractivity contribution in [3.8, 4) is 5.69 Å². The number of aryl methyl sites for hydroxylation is 1. The average molecular weight is 242 g/mol. The summed E-state index contributed by atoms with van der Waals surface area (Å²) in [6, 6.07) is 4.15. The van der Waals surface area contributed by atoms with E-state index in [9.17, 15) is 0 Å². The smallest absolute Gasteiger partial charge is 0.0994 e. The number of nitrogens with one attached hydrogen (secondary N) is 1. The summed E-state index contributed by atoms with van der Waals surface area (Å²) in [5, 5.41) is 3.40. The molecule has 0 bridgehead atoms. The molecule has 0 amide bonds. The van der Waals surface area contributed by atoms with Crippen LogP contribution in [0.5, 0.6) is 0 Å². The van der Waals surface area contributed by atoms with Crippen molar-refractivity contribution in [2.24, 2.45) is 0 Å². The maximum Gasteiger partial charge on any atom is 0.0994 e. The molecule has 0 spiro atoms. The van der Waals surface area contributed by atoms with Gasteiger partial charge in [-0.1, -0.05) is 0 Å². The van der Waals surface area contributed by atoms with Crippen molar-refractivity contribution in [2.75, 3.05) is 13.1 Å². The molecule has 1 N–H and O–H groups in total. The van der Waals surface area contributed by atoms with Crippen LogP contribution in [0.2, 0.25) is 0 Å². The minimum absolute atomic E-state index is 0.607. The van der Waals surface area contributed by atoms with E-state index in [1.54, 1.807) is 0 Å². The Kier molecular flexibility index (Phi) is 3.11. The molecule has 18 heavy (non-hydrogen) atoms. The summed E-state index contributed by atoms with van der Waals surface area (Å²) in [7, 11) is 0. The first kappa shape index (κ1) is 11.4. The topological polar surface area (TPSA) is 42.7 Å². The molecule has 0 aliphatic carbocycles. The van der Waals surface area contributed by atoms with Crippen LogP contribution in [-0.4, -0.2) is 27.6 Å². The minimum Gasteiger partial charge on any atom is -0.317 e. The summed E-state index contributed by atoms with van der Waals surface area (Å²) in [6.45, 7) is 4.20. The highest BCUT2D eigenvalue weighted by atomic mass is 15.1. The number of imidazole rings is 1. The molecule has 94 valence electrons. The van der Waals surface area contributed by atoms with E-state index in [2.05, 4.69) is 25.9 Å². The Morgan fingerprint density at radius 2 is 2.06 bits per heavy atom. The molecule has 1 aliphatic heterocycles. The summed E-state index contributed by atoms with van der Waals surface area (Å²) < 4.78 is 2.17. The van der Waals surface area contributed by atoms with Crippen LogP contribution < -0.4 is 5.32 Å². The lowest BCUT2D eigenvalue weighted by Crippen LogP contribution is -2.27. The number of piperidine rings is 1. The van der Waals surface area contributed by atoms with Gasteiger partial charge in [-0.2, -0.15) is 0 Å². The van der Waals surface area contributed by atoms with Gasteiger partial charge in [0, 0.05) is 23.5 Å². The first-order chi connectivity index (χ1) is 8.84. The average Bonchev–Trinajstić information content (AvgIpc) is 2.90. The van der Waals surface area contributed by atoms with E-state index in [4.69, 9.17) is 0 Å². The van der Waals surface area contributed by atoms with Gasteiger partial charge < -0.3 is 9.88 Å². The molecule has 3 heterocycles. The third-order valence-corrected chi connectivity index (χ3v) is 3.60. The van der Waals surface area contributed by atoms with Crippen molar-refractivity contribution in [2.45, 2.75) is 25.7 Å². The number of hydrogen-bond donors (Lipinski definition) is 1. The number of pyridine rings is 1. The molecule has 0 radical (unpaired) electrons. The summed E-state index contributed by atoms with van der Waals surface area (Å²) in [5.74, 6) is 0.607. The maximum absolute atomic E-state index is 4.36. The highest BCUT2D eigenvalue weighted by Crippen LogP contribution is 2.26. The van der Waals surface area contributed by atoms with E-state index in [-0.39, 0.29) is 0 Å². The van der Waals surface area contributed by atoms with E-state index in [1.807, 2.05) is 31.7 Å². The number of aromatic nitrogens is 3. The quantitative estimate of drug-likeness (QED) is 0.876. The van der Waals surface area contributed by atoms with E-state index < -0.39 is 0 Å². The Morgan fingerprint density at radius 3 is 2.78 bits per heavy atom. The van der Waals surface area contributed by atoms with Gasteiger partial charge in [0.25, 0.3) is 0 Å². The molecule has 2 aromatic rings. The number of hydrogen-bond acceptors (Lipinski definition) is 3. The van der Waals surface area contributed by atoms with E-state index in [1.165, 1.54) is 18.5 Å². The molecular weight excluding hydrogens is 224 g/mol. The third kappa shape index (κ3) is 2.16. The molecule has 0 saturated carbocycles. The van der Waals surface area contributed by atoms with Gasteiger partial charge in [-0.15, -0.1) is 0 Å². The van der Waals surface area contributed by atoms with Gasteiger partial charge in [0.15, 0.2) is 0 Å². The lowest BCUT2D eigenvalue weighted by molar-refractivity contribution is 0.449. The Balaban J connectivity index is 1.93. The Labute approximate surface area is 107 Å². The Bertz CT molecular complexity index is 509. The van der Waals surface area contributed by atoms with Crippen molar-refractivity contribution in [3.63, 3.8) is 0 Å². The molecule has 0 unspecified atom stereocenters. The largest absolute Gasteiger partial charge is 0.317 e. The van der Waals surface area contributed by atoms with Gasteiger partial charge in [0.2, 0.25) is 0 Å². The predicted octanol–water partition coefficient (Wildman–Crippen LogP) is 2.04. The number of rotatable bonds is 2. The molecule has 2 aromatic heterocycles. The maximum atomic E-state index is 4.36. The number of nitrogens with zero attached hydrogens (tertiary/aromatic N) is 3. The SMILES string of the molecule is Cc1ccc(-n2cncc2C2CCNCC2)cn1. The van der Waals surface area contributed by atoms with Crippen LogP contribution >= 0.6 is 0 Å². The van der Waals surface area contributed by atoms with E-state index in [0.29, 0.717) is 5.92 Å². The first-order valence-corrected chi connectivity index (χ1v) is 6.50. The zero-order valence-electron chi connectivity index (χ0n) is 10.6. The van der Waals surface area contributed by atoms with Crippen LogP contribution in [-0.2, 0) is 0 Å². The van der Waals surface area contributed by atoms with E-state index >= 15 is 0 Å². The van der Waals surface area contributed by atoms with Crippen LogP contribution in [0.25, 0.3) is 5.69 Å². The molecular formula is C14H18N4. The molecule has 1 fully saturated rings. The fraction of sp³-hybridized carbons (Fsp3) is 0.429. The van der Waals surface area contributed by atoms with Crippen molar-refractivity contribution >= 4 is 0 Å². The van der Waals surface area contributed by atoms with Gasteiger partial charge >= 0.3 is 0 Å². The monoisotopic (exact) mass is 242 g/mol. The summed E-state index contributed by atoms with van der Waals surface area (Å²) in [6.07, 6.45) is 8.18. The third-order valence-electron chi connectivity index (χ3n) is 3.60. The zero-order chi connectivity index (χ0) is 12.4. The molecule has 3 rings (SSSR count). The molecule has 4 nitrogen and oxygen atoms in total. The molecule has 1 saturated heterocycles. The van der Waals surface area contributed by atoms with Gasteiger partial charge in [0.05, 0.1) is 18.2 Å². The molecule has 0 atom stereocenters. The Morgan fingerprint density at radius 1 is 1.22 bits per heavy atom. The lowest BCUT2D eigenvalue weighted by atomic mass is 9.95. The zero-order valence-corrected chi connectivity index (χ0v) is 10.6. The Hall–Kier alpha value is -1.68. The van der Waals surface area contributed by atoms with Gasteiger partial charge in [-0.05, 0) is 45.0 Å². The van der Waals surface area contributed by atoms with Gasteiger partial charge in [-0.25, -0.2) is 4.98 Å². The fourth-order valence-electron chi connectivity index (χ4n) is 2.54. The second kappa shape index (κ2) is 4.90. The van der Waals surface area contributed by atoms with Gasteiger partial charge in [0.1, 0.15) is 0 Å². The van der Waals surface area contributed by atoms with Crippen LogP contribution in [0, 0.1) is 6.92 Å². The summed E-state index contributed by atoms with van der Waals surface area (Å²) in [5.41, 5.74) is 3.45. The van der Waals surface area contributed by atoms with Crippen LogP contribution in [0.4, 0.5) is 0 Å². The van der Waals surface area contributed by atoms with Crippen molar-refractivity contribution in [1.29, 1.82) is 0 Å². The minimum atomic E-state index is 0.607. The van der Waals surface area contributed by atoms with Crippen LogP contribution in [0.15, 0.2) is 30.9 Å². The standard InChI is InChI=1S/C14H18N4/c1-11-2-3-13(8-17-11)18-10-16-9-14(18)12-4-6-15-7-5-12/h2-3,8-10,12,15H,4-7H2,1H3. The van der Waals surface area contributed by atoms with Crippen molar-refractivity contribution in [3.05, 3.63) is 42.2 Å². The fourth-order valence-corrected chi connectivity index (χ4v) is 2.54.